The normalized spacial score (nSPS) is 13.4. The summed E-state index contributed by atoms with van der Waals surface area (Å²) in [5.74, 6) is 0.116. The Labute approximate surface area is 184 Å². The second-order valence-corrected chi connectivity index (χ2v) is 8.07. The molecule has 0 bridgehead atoms. The van der Waals surface area contributed by atoms with Gasteiger partial charge >= 0.3 is 0 Å². The number of aryl methyl sites for hydroxylation is 1. The van der Waals surface area contributed by atoms with Crippen LogP contribution < -0.4 is 0 Å². The van der Waals surface area contributed by atoms with E-state index in [1.165, 1.54) is 4.90 Å². The molecule has 2 rings (SSSR count). The molecule has 0 atom stereocenters. The highest BCUT2D eigenvalue weighted by molar-refractivity contribution is 5.99. The van der Waals surface area contributed by atoms with Gasteiger partial charge in [-0.2, -0.15) is 0 Å². The van der Waals surface area contributed by atoms with Gasteiger partial charge in [0.05, 0.1) is 26.4 Å². The number of rotatable bonds is 15. The average Bonchev–Trinajstić information content (AvgIpc) is 2.73. The summed E-state index contributed by atoms with van der Waals surface area (Å²) >= 11 is 0. The molecule has 1 aliphatic rings. The zero-order valence-corrected chi connectivity index (χ0v) is 18.6. The van der Waals surface area contributed by atoms with Gasteiger partial charge in [0, 0.05) is 44.6 Å². The summed E-state index contributed by atoms with van der Waals surface area (Å²) in [4.78, 5) is 48.0. The SMILES string of the molecule is CC(C)C(=O)CCOCCOCCC(=O)Cc1ccc(CCC(=O)N2CCC2=O)cc1. The molecule has 0 N–H and O–H groups in total. The minimum atomic E-state index is -0.120. The summed E-state index contributed by atoms with van der Waals surface area (Å²) < 4.78 is 10.8. The minimum Gasteiger partial charge on any atom is -0.379 e. The van der Waals surface area contributed by atoms with E-state index >= 15 is 0 Å². The van der Waals surface area contributed by atoms with Crippen LogP contribution in [0.3, 0.4) is 0 Å². The van der Waals surface area contributed by atoms with E-state index in [1.807, 2.05) is 38.1 Å². The van der Waals surface area contributed by atoms with Gasteiger partial charge in [-0.15, -0.1) is 0 Å². The molecule has 1 fully saturated rings. The lowest BCUT2D eigenvalue weighted by Gasteiger charge is -2.28. The van der Waals surface area contributed by atoms with Crippen molar-refractivity contribution in [3.05, 3.63) is 35.4 Å². The largest absolute Gasteiger partial charge is 0.379 e. The van der Waals surface area contributed by atoms with Gasteiger partial charge in [0.1, 0.15) is 11.6 Å². The van der Waals surface area contributed by atoms with Crippen molar-refractivity contribution in [2.24, 2.45) is 5.92 Å². The summed E-state index contributed by atoms with van der Waals surface area (Å²) in [5.41, 5.74) is 1.94. The molecule has 7 heteroatoms. The Morgan fingerprint density at radius 2 is 1.52 bits per heavy atom. The number of hydrogen-bond acceptors (Lipinski definition) is 6. The van der Waals surface area contributed by atoms with Gasteiger partial charge in [-0.25, -0.2) is 0 Å². The van der Waals surface area contributed by atoms with E-state index in [9.17, 15) is 19.2 Å². The Balaban J connectivity index is 1.53. The van der Waals surface area contributed by atoms with E-state index in [1.54, 1.807) is 0 Å². The van der Waals surface area contributed by atoms with E-state index in [2.05, 4.69) is 0 Å². The van der Waals surface area contributed by atoms with Gasteiger partial charge in [-0.1, -0.05) is 38.1 Å². The third-order valence-electron chi connectivity index (χ3n) is 5.24. The Morgan fingerprint density at radius 3 is 2.06 bits per heavy atom. The molecule has 0 aliphatic carbocycles. The quantitative estimate of drug-likeness (QED) is 0.313. The van der Waals surface area contributed by atoms with Crippen LogP contribution in [0.15, 0.2) is 24.3 Å². The first-order valence-electron chi connectivity index (χ1n) is 11.0. The molecule has 2 amide bonds. The fraction of sp³-hybridized carbons (Fsp3) is 0.583. The Morgan fingerprint density at radius 1 is 0.903 bits per heavy atom. The first kappa shape index (κ1) is 24.9. The standard InChI is InChI=1S/C24H33NO6/c1-18(2)22(27)11-14-31-16-15-30-13-10-21(26)17-20-5-3-19(4-6-20)7-8-23(28)25-12-9-24(25)29/h3-6,18H,7-17H2,1-2H3. The van der Waals surface area contributed by atoms with E-state index < -0.39 is 0 Å². The molecule has 31 heavy (non-hydrogen) atoms. The number of carbonyl (C=O) groups is 4. The smallest absolute Gasteiger partial charge is 0.230 e. The number of ketones is 2. The lowest BCUT2D eigenvalue weighted by atomic mass is 10.0. The number of carbonyl (C=O) groups excluding carboxylic acids is 4. The van der Waals surface area contributed by atoms with Crippen molar-refractivity contribution in [1.29, 1.82) is 0 Å². The Kier molecular flexibility index (Phi) is 10.5. The van der Waals surface area contributed by atoms with E-state index in [0.717, 1.165) is 11.1 Å². The van der Waals surface area contributed by atoms with Crippen molar-refractivity contribution < 1.29 is 28.7 Å². The van der Waals surface area contributed by atoms with Crippen LogP contribution in [0.1, 0.15) is 50.7 Å². The lowest BCUT2D eigenvalue weighted by Crippen LogP contribution is -2.47. The fourth-order valence-corrected chi connectivity index (χ4v) is 3.07. The van der Waals surface area contributed by atoms with Crippen LogP contribution in [-0.4, -0.2) is 61.3 Å². The highest BCUT2D eigenvalue weighted by atomic mass is 16.5. The van der Waals surface area contributed by atoms with E-state index in [-0.39, 0.29) is 29.3 Å². The molecule has 1 aromatic carbocycles. The predicted octanol–water partition coefficient (Wildman–Crippen LogP) is 2.53. The molecule has 0 radical (unpaired) electrons. The lowest BCUT2D eigenvalue weighted by molar-refractivity contribution is -0.152. The number of ether oxygens (including phenoxy) is 2. The number of imide groups is 1. The molecule has 0 spiro atoms. The number of Topliss-reactive ketones (excluding diaryl/α,β-unsaturated/α-hetero) is 2. The molecule has 1 saturated heterocycles. The van der Waals surface area contributed by atoms with Crippen LogP contribution in [0.5, 0.6) is 0 Å². The molecule has 0 unspecified atom stereocenters. The van der Waals surface area contributed by atoms with Crippen molar-refractivity contribution in [2.75, 3.05) is 33.0 Å². The van der Waals surface area contributed by atoms with Crippen molar-refractivity contribution >= 4 is 23.4 Å². The maximum Gasteiger partial charge on any atom is 0.230 e. The van der Waals surface area contributed by atoms with Crippen LogP contribution in [0.4, 0.5) is 0 Å². The first-order chi connectivity index (χ1) is 14.9. The van der Waals surface area contributed by atoms with Gasteiger partial charge in [0.15, 0.2) is 0 Å². The van der Waals surface area contributed by atoms with Crippen LogP contribution in [0.2, 0.25) is 0 Å². The summed E-state index contributed by atoms with van der Waals surface area (Å²) in [6, 6.07) is 7.65. The highest BCUT2D eigenvalue weighted by Crippen LogP contribution is 2.13. The molecule has 0 aromatic heterocycles. The van der Waals surface area contributed by atoms with Crippen molar-refractivity contribution in [3.63, 3.8) is 0 Å². The molecule has 0 saturated carbocycles. The average molecular weight is 432 g/mol. The van der Waals surface area contributed by atoms with Gasteiger partial charge in [0.2, 0.25) is 11.8 Å². The summed E-state index contributed by atoms with van der Waals surface area (Å²) in [7, 11) is 0. The predicted molar refractivity (Wildman–Crippen MR) is 116 cm³/mol. The molecule has 1 heterocycles. The maximum absolute atomic E-state index is 12.1. The number of amides is 2. The third kappa shape index (κ3) is 9.11. The van der Waals surface area contributed by atoms with Crippen molar-refractivity contribution in [2.45, 2.75) is 52.4 Å². The van der Waals surface area contributed by atoms with Gasteiger partial charge < -0.3 is 9.47 Å². The number of likely N-dealkylation sites (tertiary alicyclic amines) is 1. The number of nitrogens with zero attached hydrogens (tertiary/aromatic N) is 1. The second-order valence-electron chi connectivity index (χ2n) is 8.07. The minimum absolute atomic E-state index is 0.0355. The summed E-state index contributed by atoms with van der Waals surface area (Å²) in [6.07, 6.45) is 2.47. The van der Waals surface area contributed by atoms with Crippen molar-refractivity contribution in [1.82, 2.24) is 4.90 Å². The highest BCUT2D eigenvalue weighted by Gasteiger charge is 2.29. The molecule has 1 aromatic rings. The number of benzene rings is 1. The van der Waals surface area contributed by atoms with Crippen LogP contribution in [0, 0.1) is 5.92 Å². The third-order valence-corrected chi connectivity index (χ3v) is 5.24. The molecular weight excluding hydrogens is 398 g/mol. The molecular formula is C24H33NO6. The molecule has 170 valence electrons. The van der Waals surface area contributed by atoms with Gasteiger partial charge in [0.25, 0.3) is 0 Å². The first-order valence-corrected chi connectivity index (χ1v) is 11.0. The number of β-lactam (4-membered cyclic amide) rings is 1. The second kappa shape index (κ2) is 13.1. The monoisotopic (exact) mass is 431 g/mol. The zero-order valence-electron chi connectivity index (χ0n) is 18.6. The summed E-state index contributed by atoms with van der Waals surface area (Å²) in [6.45, 7) is 5.85. The zero-order chi connectivity index (χ0) is 22.6. The molecule has 7 nitrogen and oxygen atoms in total. The summed E-state index contributed by atoms with van der Waals surface area (Å²) in [5, 5.41) is 0. The van der Waals surface area contributed by atoms with Crippen LogP contribution in [-0.2, 0) is 41.5 Å². The Hall–Kier alpha value is -2.38. The topological polar surface area (TPSA) is 90.0 Å². The van der Waals surface area contributed by atoms with Gasteiger partial charge in [-0.05, 0) is 17.5 Å². The Bertz CT molecular complexity index is 756. The van der Waals surface area contributed by atoms with E-state index in [4.69, 9.17) is 9.47 Å². The molecule has 1 aliphatic heterocycles. The number of hydrogen-bond donors (Lipinski definition) is 0. The van der Waals surface area contributed by atoms with E-state index in [0.29, 0.717) is 71.5 Å². The van der Waals surface area contributed by atoms with Crippen molar-refractivity contribution in [3.8, 4) is 0 Å². The van der Waals surface area contributed by atoms with Gasteiger partial charge in [-0.3, -0.25) is 24.1 Å². The van der Waals surface area contributed by atoms with Crippen LogP contribution >= 0.6 is 0 Å². The van der Waals surface area contributed by atoms with Crippen LogP contribution in [0.25, 0.3) is 0 Å². The maximum atomic E-state index is 12.1. The fourth-order valence-electron chi connectivity index (χ4n) is 3.07.